The van der Waals surface area contributed by atoms with Gasteiger partial charge in [0.2, 0.25) is 5.95 Å². The third kappa shape index (κ3) is 5.37. The van der Waals surface area contributed by atoms with Crippen molar-refractivity contribution in [2.45, 2.75) is 6.18 Å². The number of carbonyl (C=O) groups excluding carboxylic acids is 1. The first-order valence-corrected chi connectivity index (χ1v) is 9.75. The van der Waals surface area contributed by atoms with Gasteiger partial charge in [0.05, 0.1) is 45.2 Å². The molecular formula is C20H24F3N5O4. The van der Waals surface area contributed by atoms with Crippen LogP contribution in [0.4, 0.5) is 30.6 Å². The molecule has 0 aliphatic carbocycles. The number of benzene rings is 1. The number of nitrogens with one attached hydrogen (secondary N) is 2. The van der Waals surface area contributed by atoms with Crippen molar-refractivity contribution in [2.75, 3.05) is 64.7 Å². The zero-order valence-corrected chi connectivity index (χ0v) is 17.9. The first kappa shape index (κ1) is 23.5. The zero-order valence-electron chi connectivity index (χ0n) is 17.9. The van der Waals surface area contributed by atoms with Crippen molar-refractivity contribution in [3.05, 3.63) is 29.5 Å². The molecule has 1 aliphatic heterocycles. The second-order valence-corrected chi connectivity index (χ2v) is 6.89. The number of halogens is 3. The van der Waals surface area contributed by atoms with Crippen LogP contribution in [0.2, 0.25) is 0 Å². The van der Waals surface area contributed by atoms with Gasteiger partial charge in [-0.15, -0.1) is 0 Å². The predicted octanol–water partition coefficient (Wildman–Crippen LogP) is 2.81. The van der Waals surface area contributed by atoms with Gasteiger partial charge in [0.25, 0.3) is 0 Å². The largest absolute Gasteiger partial charge is 0.496 e. The minimum Gasteiger partial charge on any atom is -0.496 e. The number of ketones is 1. The summed E-state index contributed by atoms with van der Waals surface area (Å²) < 4.78 is 55.3. The molecule has 0 atom stereocenters. The third-order valence-corrected chi connectivity index (χ3v) is 4.87. The van der Waals surface area contributed by atoms with Crippen LogP contribution in [-0.2, 0) is 10.9 Å². The van der Waals surface area contributed by atoms with E-state index in [-0.39, 0.29) is 35.6 Å². The molecule has 9 nitrogen and oxygen atoms in total. The lowest BCUT2D eigenvalue weighted by molar-refractivity contribution is -0.137. The molecule has 1 fully saturated rings. The lowest BCUT2D eigenvalue weighted by Crippen LogP contribution is -2.39. The van der Waals surface area contributed by atoms with E-state index in [1.807, 2.05) is 4.90 Å². The Hall–Kier alpha value is -3.12. The Balaban J connectivity index is 1.88. The summed E-state index contributed by atoms with van der Waals surface area (Å²) in [5.41, 5.74) is -0.334. The maximum atomic E-state index is 13.1. The molecule has 2 aromatic rings. The van der Waals surface area contributed by atoms with E-state index in [9.17, 15) is 18.0 Å². The lowest BCUT2D eigenvalue weighted by atomic mass is 10.1. The molecule has 2 N–H and O–H groups in total. The second kappa shape index (κ2) is 10.0. The Bertz CT molecular complexity index is 965. The highest BCUT2D eigenvalue weighted by Gasteiger charge is 2.35. The van der Waals surface area contributed by atoms with Crippen molar-refractivity contribution in [3.63, 3.8) is 0 Å². The summed E-state index contributed by atoms with van der Waals surface area (Å²) in [6.07, 6.45) is -3.91. The number of rotatable bonds is 8. The van der Waals surface area contributed by atoms with Crippen molar-refractivity contribution in [2.24, 2.45) is 0 Å². The maximum Gasteiger partial charge on any atom is 0.421 e. The highest BCUT2D eigenvalue weighted by Crippen LogP contribution is 2.37. The molecule has 0 radical (unpaired) electrons. The Morgan fingerprint density at radius 3 is 2.47 bits per heavy atom. The van der Waals surface area contributed by atoms with E-state index >= 15 is 0 Å². The Labute approximate surface area is 182 Å². The molecule has 32 heavy (non-hydrogen) atoms. The van der Waals surface area contributed by atoms with Crippen LogP contribution in [0.1, 0.15) is 15.9 Å². The Morgan fingerprint density at radius 1 is 1.19 bits per heavy atom. The molecule has 174 valence electrons. The summed E-state index contributed by atoms with van der Waals surface area (Å²) in [4.78, 5) is 22.5. The minimum absolute atomic E-state index is 0.0879. The molecule has 0 amide bonds. The van der Waals surface area contributed by atoms with Crippen LogP contribution in [0.5, 0.6) is 11.5 Å². The van der Waals surface area contributed by atoms with E-state index in [0.717, 1.165) is 0 Å². The molecule has 1 aliphatic rings. The highest BCUT2D eigenvalue weighted by molar-refractivity contribution is 6.01. The first-order valence-electron chi connectivity index (χ1n) is 9.75. The smallest absolute Gasteiger partial charge is 0.421 e. The number of hydrogen-bond acceptors (Lipinski definition) is 9. The molecular weight excluding hydrogens is 431 g/mol. The van der Waals surface area contributed by atoms with Gasteiger partial charge in [-0.25, -0.2) is 4.98 Å². The number of methoxy groups -OCH3 is 2. The van der Waals surface area contributed by atoms with Gasteiger partial charge in [0.15, 0.2) is 5.78 Å². The molecule has 1 aromatic heterocycles. The molecule has 3 rings (SSSR count). The van der Waals surface area contributed by atoms with Crippen LogP contribution >= 0.6 is 0 Å². The number of carbonyl (C=O) groups is 1. The van der Waals surface area contributed by atoms with Gasteiger partial charge in [-0.2, -0.15) is 18.2 Å². The average Bonchev–Trinajstić information content (AvgIpc) is 2.78. The summed E-state index contributed by atoms with van der Waals surface area (Å²) in [6, 6.07) is 3.04. The van der Waals surface area contributed by atoms with Crippen LogP contribution in [-0.4, -0.2) is 74.8 Å². The molecule has 12 heteroatoms. The van der Waals surface area contributed by atoms with Crippen LogP contribution in [0.15, 0.2) is 18.3 Å². The number of aromatic nitrogens is 2. The molecule has 0 bridgehead atoms. The fraction of sp³-hybridized carbons (Fsp3) is 0.450. The molecule has 0 spiro atoms. The van der Waals surface area contributed by atoms with Gasteiger partial charge >= 0.3 is 6.18 Å². The van der Waals surface area contributed by atoms with Crippen molar-refractivity contribution in [3.8, 4) is 11.5 Å². The number of ether oxygens (including phenoxy) is 3. The van der Waals surface area contributed by atoms with Crippen molar-refractivity contribution < 1.29 is 32.2 Å². The quantitative estimate of drug-likeness (QED) is 0.583. The molecule has 1 saturated heterocycles. The van der Waals surface area contributed by atoms with E-state index in [1.54, 1.807) is 0 Å². The number of Topliss-reactive ketones (excluding diaryl/α,β-unsaturated/α-hetero) is 1. The topological polar surface area (TPSA) is 97.8 Å². The number of hydrogen-bond donors (Lipinski definition) is 2. The number of alkyl halides is 3. The predicted molar refractivity (Wildman–Crippen MR) is 111 cm³/mol. The van der Waals surface area contributed by atoms with Crippen molar-refractivity contribution in [1.82, 2.24) is 14.9 Å². The van der Waals surface area contributed by atoms with Crippen molar-refractivity contribution >= 4 is 23.2 Å². The fourth-order valence-electron chi connectivity index (χ4n) is 3.22. The van der Waals surface area contributed by atoms with E-state index in [2.05, 4.69) is 20.6 Å². The monoisotopic (exact) mass is 455 g/mol. The number of anilines is 3. The van der Waals surface area contributed by atoms with E-state index < -0.39 is 11.7 Å². The van der Waals surface area contributed by atoms with E-state index in [1.165, 1.54) is 33.4 Å². The normalized spacial score (nSPS) is 14.7. The van der Waals surface area contributed by atoms with E-state index in [0.29, 0.717) is 43.8 Å². The fourth-order valence-corrected chi connectivity index (χ4v) is 3.22. The van der Waals surface area contributed by atoms with Gasteiger partial charge in [-0.05, 0) is 6.07 Å². The summed E-state index contributed by atoms with van der Waals surface area (Å²) in [5, 5.41) is 5.24. The number of morpholine rings is 1. The Kier molecular flexibility index (Phi) is 7.36. The molecule has 2 heterocycles. The van der Waals surface area contributed by atoms with Crippen LogP contribution in [0.3, 0.4) is 0 Å². The maximum absolute atomic E-state index is 13.1. The van der Waals surface area contributed by atoms with Gasteiger partial charge in [0, 0.05) is 32.4 Å². The summed E-state index contributed by atoms with van der Waals surface area (Å²) in [6.45, 7) is 2.65. The summed E-state index contributed by atoms with van der Waals surface area (Å²) in [7, 11) is 4.17. The van der Waals surface area contributed by atoms with Crippen LogP contribution in [0.25, 0.3) is 0 Å². The van der Waals surface area contributed by atoms with Crippen LogP contribution < -0.4 is 20.1 Å². The Morgan fingerprint density at radius 2 is 1.88 bits per heavy atom. The van der Waals surface area contributed by atoms with E-state index in [4.69, 9.17) is 14.2 Å². The van der Waals surface area contributed by atoms with Crippen LogP contribution in [0, 0.1) is 0 Å². The number of nitrogens with zero attached hydrogens (tertiary/aromatic N) is 3. The average molecular weight is 455 g/mol. The highest BCUT2D eigenvalue weighted by atomic mass is 19.4. The standard InChI is InChI=1S/C20H24F3N5O4/c1-24-18-13(20(21,22)23)10-25-19(27-18)26-14-9-16(30-2)12(8-17(14)31-3)15(29)11-28-4-6-32-7-5-28/h8-10H,4-7,11H2,1-3H3,(H2,24,25,26,27). The lowest BCUT2D eigenvalue weighted by Gasteiger charge is -2.26. The SMILES string of the molecule is CNc1nc(Nc2cc(OC)c(C(=O)CN3CCOCC3)cc2OC)ncc1C(F)(F)F. The van der Waals surface area contributed by atoms with Gasteiger partial charge < -0.3 is 24.8 Å². The zero-order chi connectivity index (χ0) is 23.3. The third-order valence-electron chi connectivity index (χ3n) is 4.87. The van der Waals surface area contributed by atoms with Gasteiger partial charge in [0.1, 0.15) is 22.9 Å². The van der Waals surface area contributed by atoms with Gasteiger partial charge in [-0.3, -0.25) is 9.69 Å². The molecule has 0 saturated carbocycles. The summed E-state index contributed by atoms with van der Waals surface area (Å²) in [5.74, 6) is -0.0527. The summed E-state index contributed by atoms with van der Waals surface area (Å²) >= 11 is 0. The molecule has 0 unspecified atom stereocenters. The molecule has 1 aromatic carbocycles. The van der Waals surface area contributed by atoms with Gasteiger partial charge in [-0.1, -0.05) is 0 Å². The minimum atomic E-state index is -4.60. The second-order valence-electron chi connectivity index (χ2n) is 6.89. The first-order chi connectivity index (χ1) is 15.3. The van der Waals surface area contributed by atoms with Crippen molar-refractivity contribution in [1.29, 1.82) is 0 Å².